The molecule has 0 aromatic heterocycles. The van der Waals surface area contributed by atoms with Gasteiger partial charge in [-0.2, -0.15) is 22.0 Å². The number of hydrogen-bond acceptors (Lipinski definition) is 0. The summed E-state index contributed by atoms with van der Waals surface area (Å²) in [7, 11) is 0. The molecule has 9 aromatic rings. The molecule has 0 saturated carbocycles. The van der Waals surface area contributed by atoms with Gasteiger partial charge in [0.25, 0.3) is 0 Å². The highest BCUT2D eigenvalue weighted by atomic mass is 19.4. The van der Waals surface area contributed by atoms with Gasteiger partial charge in [0.1, 0.15) is 5.82 Å². The van der Waals surface area contributed by atoms with E-state index in [1.165, 1.54) is 36.4 Å². The van der Waals surface area contributed by atoms with Crippen LogP contribution in [-0.2, 0) is 5.92 Å². The summed E-state index contributed by atoms with van der Waals surface area (Å²) in [5.74, 6) is -5.36. The lowest BCUT2D eigenvalue weighted by Crippen LogP contribution is -2.34. The smallest absolute Gasteiger partial charge is 0.207 e. The van der Waals surface area contributed by atoms with Gasteiger partial charge in [0, 0.05) is 5.56 Å². The zero-order valence-electron chi connectivity index (χ0n) is 25.0. The van der Waals surface area contributed by atoms with Crippen LogP contribution in [0.4, 0.5) is 26.3 Å². The lowest BCUT2D eigenvalue weighted by Gasteiger charge is -2.25. The quantitative estimate of drug-likeness (QED) is 0.102. The Morgan fingerprint density at radius 1 is 0.396 bits per heavy atom. The fourth-order valence-electron chi connectivity index (χ4n) is 7.55. The van der Waals surface area contributed by atoms with E-state index in [2.05, 4.69) is 24.3 Å². The molecule has 0 saturated heterocycles. The van der Waals surface area contributed by atoms with Crippen LogP contribution in [0.15, 0.2) is 133 Å². The maximum Gasteiger partial charge on any atom is 0.458 e. The predicted molar refractivity (Wildman–Crippen MR) is 183 cm³/mol. The van der Waals surface area contributed by atoms with E-state index in [9.17, 15) is 17.6 Å². The zero-order valence-corrected chi connectivity index (χ0v) is 25.0. The fourth-order valence-corrected chi connectivity index (χ4v) is 7.55. The first-order valence-corrected chi connectivity index (χ1v) is 15.4. The fraction of sp³-hybridized carbons (Fsp3) is 0.0476. The molecule has 0 atom stereocenters. The summed E-state index contributed by atoms with van der Waals surface area (Å²) in [6.45, 7) is 0. The van der Waals surface area contributed by atoms with Crippen molar-refractivity contribution in [2.45, 2.75) is 12.1 Å². The van der Waals surface area contributed by atoms with Crippen molar-refractivity contribution < 1.29 is 26.3 Å². The van der Waals surface area contributed by atoms with Crippen LogP contribution in [0.3, 0.4) is 0 Å². The van der Waals surface area contributed by atoms with Gasteiger partial charge < -0.3 is 0 Å². The van der Waals surface area contributed by atoms with E-state index in [0.29, 0.717) is 16.3 Å². The van der Waals surface area contributed by atoms with Crippen LogP contribution in [0.2, 0.25) is 0 Å². The molecule has 9 aromatic carbocycles. The standard InChI is InChI=1S/C42H22F6/c43-28-16-11-25-21-27(10-9-26(25)22-28)29-17-12-23-14-19-33-34(20-15-24-13-18-32(29)37(23)38(24)33)39-30-5-1-3-7-35(30)40(41(44,45)42(46,47)48)36-8-4-2-6-31(36)39/h1-22H. The van der Waals surface area contributed by atoms with Crippen molar-refractivity contribution in [3.63, 3.8) is 0 Å². The third kappa shape index (κ3) is 3.98. The van der Waals surface area contributed by atoms with Crippen molar-refractivity contribution in [1.82, 2.24) is 0 Å². The minimum Gasteiger partial charge on any atom is -0.207 e. The Bertz CT molecular complexity index is 2700. The molecular weight excluding hydrogens is 618 g/mol. The zero-order chi connectivity index (χ0) is 32.9. The average Bonchev–Trinajstić information content (AvgIpc) is 3.08. The highest BCUT2D eigenvalue weighted by molar-refractivity contribution is 6.29. The number of halogens is 6. The molecule has 48 heavy (non-hydrogen) atoms. The lowest BCUT2D eigenvalue weighted by molar-refractivity contribution is -0.288. The first kappa shape index (κ1) is 28.6. The highest BCUT2D eigenvalue weighted by Gasteiger charge is 2.60. The van der Waals surface area contributed by atoms with Crippen molar-refractivity contribution >= 4 is 64.6 Å². The van der Waals surface area contributed by atoms with Crippen LogP contribution in [-0.4, -0.2) is 6.18 Å². The number of rotatable bonds is 3. The Morgan fingerprint density at radius 2 is 0.875 bits per heavy atom. The van der Waals surface area contributed by atoms with Gasteiger partial charge in [-0.05, 0) is 105 Å². The van der Waals surface area contributed by atoms with Crippen molar-refractivity contribution in [3.05, 3.63) is 145 Å². The molecule has 0 bridgehead atoms. The number of benzene rings is 9. The van der Waals surface area contributed by atoms with E-state index < -0.39 is 17.7 Å². The minimum atomic E-state index is -5.77. The van der Waals surface area contributed by atoms with Gasteiger partial charge in [-0.15, -0.1) is 0 Å². The molecule has 0 N–H and O–H groups in total. The Morgan fingerprint density at radius 3 is 1.48 bits per heavy atom. The molecule has 0 nitrogen and oxygen atoms in total. The van der Waals surface area contributed by atoms with Gasteiger partial charge >= 0.3 is 12.1 Å². The molecule has 0 fully saturated rings. The Kier molecular flexibility index (Phi) is 5.92. The Balaban J connectivity index is 1.37. The van der Waals surface area contributed by atoms with E-state index in [1.807, 2.05) is 42.5 Å². The summed E-state index contributed by atoms with van der Waals surface area (Å²) >= 11 is 0. The van der Waals surface area contributed by atoms with Gasteiger partial charge in [0.2, 0.25) is 0 Å². The minimum absolute atomic E-state index is 0.141. The first-order valence-electron chi connectivity index (χ1n) is 15.4. The van der Waals surface area contributed by atoms with Gasteiger partial charge in [-0.25, -0.2) is 4.39 Å². The van der Waals surface area contributed by atoms with E-state index >= 15 is 8.78 Å². The molecule has 232 valence electrons. The third-order valence-corrected chi connectivity index (χ3v) is 9.65. The summed E-state index contributed by atoms with van der Waals surface area (Å²) in [5.41, 5.74) is 2.28. The normalized spacial score (nSPS) is 12.8. The summed E-state index contributed by atoms with van der Waals surface area (Å²) < 4.78 is 86.3. The number of hydrogen-bond donors (Lipinski definition) is 0. The van der Waals surface area contributed by atoms with Crippen molar-refractivity contribution in [3.8, 4) is 22.3 Å². The monoisotopic (exact) mass is 640 g/mol. The summed E-state index contributed by atoms with van der Waals surface area (Å²) in [6, 6.07) is 39.1. The second-order valence-electron chi connectivity index (χ2n) is 12.3. The molecule has 0 aliphatic carbocycles. The van der Waals surface area contributed by atoms with Crippen molar-refractivity contribution in [1.29, 1.82) is 0 Å². The van der Waals surface area contributed by atoms with Crippen LogP contribution < -0.4 is 0 Å². The summed E-state index contributed by atoms with van der Waals surface area (Å²) in [5, 5.41) is 7.95. The molecule has 9 rings (SSSR count). The van der Waals surface area contributed by atoms with Crippen LogP contribution in [0.5, 0.6) is 0 Å². The largest absolute Gasteiger partial charge is 0.458 e. The lowest BCUT2D eigenvalue weighted by atomic mass is 9.83. The maximum atomic E-state index is 15.3. The second kappa shape index (κ2) is 9.94. The van der Waals surface area contributed by atoms with Gasteiger partial charge in [-0.1, -0.05) is 115 Å². The molecule has 0 aliphatic rings. The molecule has 0 spiro atoms. The number of fused-ring (bicyclic) bond motifs is 3. The molecule has 0 aliphatic heterocycles. The average molecular weight is 641 g/mol. The summed E-state index contributed by atoms with van der Waals surface area (Å²) in [6.07, 6.45) is -5.77. The van der Waals surface area contributed by atoms with Crippen molar-refractivity contribution in [2.24, 2.45) is 0 Å². The van der Waals surface area contributed by atoms with E-state index in [1.54, 1.807) is 30.3 Å². The molecule has 0 heterocycles. The second-order valence-corrected chi connectivity index (χ2v) is 12.3. The topological polar surface area (TPSA) is 0 Å². The van der Waals surface area contributed by atoms with E-state index in [0.717, 1.165) is 59.8 Å². The van der Waals surface area contributed by atoms with E-state index in [4.69, 9.17) is 0 Å². The van der Waals surface area contributed by atoms with Gasteiger partial charge in [0.15, 0.2) is 0 Å². The molecule has 0 unspecified atom stereocenters. The van der Waals surface area contributed by atoms with Crippen LogP contribution >= 0.6 is 0 Å². The van der Waals surface area contributed by atoms with Crippen molar-refractivity contribution in [2.75, 3.05) is 0 Å². The number of alkyl halides is 5. The third-order valence-electron chi connectivity index (χ3n) is 9.65. The van der Waals surface area contributed by atoms with E-state index in [-0.39, 0.29) is 16.6 Å². The Labute approximate surface area is 269 Å². The SMILES string of the molecule is Fc1ccc2cc(-c3ccc4ccc5c(-c6c7ccccc7c(C(F)(F)C(F)(F)F)c7ccccc67)ccc6ccc3c4c65)ccc2c1. The Hall–Kier alpha value is -5.62. The molecule has 0 radical (unpaired) electrons. The first-order chi connectivity index (χ1) is 23.1. The summed E-state index contributed by atoms with van der Waals surface area (Å²) in [4.78, 5) is 0. The van der Waals surface area contributed by atoms with Gasteiger partial charge in [-0.3, -0.25) is 0 Å². The molecule has 0 amide bonds. The maximum absolute atomic E-state index is 15.3. The predicted octanol–water partition coefficient (Wildman–Crippen LogP) is 13.2. The molecule has 6 heteroatoms. The molecular formula is C42H22F6. The van der Waals surface area contributed by atoms with Gasteiger partial charge in [0.05, 0.1) is 0 Å². The van der Waals surface area contributed by atoms with Crippen LogP contribution in [0.1, 0.15) is 5.56 Å². The van der Waals surface area contributed by atoms with Crippen LogP contribution in [0.25, 0.3) is 86.9 Å². The highest BCUT2D eigenvalue weighted by Crippen LogP contribution is 2.52. The van der Waals surface area contributed by atoms with Crippen LogP contribution in [0, 0.1) is 5.82 Å².